The molecule has 0 spiro atoms. The van der Waals surface area contributed by atoms with Gasteiger partial charge in [0.2, 0.25) is 0 Å². The summed E-state index contributed by atoms with van der Waals surface area (Å²) in [6.45, 7) is 2.75. The van der Waals surface area contributed by atoms with Gasteiger partial charge in [0.1, 0.15) is 5.75 Å². The molecule has 0 aromatic heterocycles. The molecule has 1 fully saturated rings. The molecule has 16 heavy (non-hydrogen) atoms. The van der Waals surface area contributed by atoms with E-state index < -0.39 is 0 Å². The molecule has 1 heterocycles. The summed E-state index contributed by atoms with van der Waals surface area (Å²) in [5, 5.41) is 3.33. The van der Waals surface area contributed by atoms with Crippen LogP contribution in [0, 0.1) is 0 Å². The number of morpholine rings is 1. The van der Waals surface area contributed by atoms with Crippen molar-refractivity contribution in [1.82, 2.24) is 5.32 Å². The highest BCUT2D eigenvalue weighted by atomic mass is 32.2. The standard InChI is InChI=1S/C12H17NO2S/c1-14-10-3-2-4-12(7-10)16-9-11-8-13-5-6-15-11/h2-4,7,11,13H,5-6,8-9H2,1H3. The maximum atomic E-state index is 5.64. The number of nitrogens with one attached hydrogen (secondary N) is 1. The first-order valence-corrected chi connectivity index (χ1v) is 6.46. The molecule has 0 aliphatic carbocycles. The first-order valence-electron chi connectivity index (χ1n) is 5.47. The van der Waals surface area contributed by atoms with E-state index in [1.807, 2.05) is 23.9 Å². The number of methoxy groups -OCH3 is 1. The third kappa shape index (κ3) is 3.40. The third-order valence-corrected chi connectivity index (χ3v) is 3.61. The minimum absolute atomic E-state index is 0.324. The van der Waals surface area contributed by atoms with Crippen LogP contribution < -0.4 is 10.1 Å². The highest BCUT2D eigenvalue weighted by Gasteiger charge is 2.13. The summed E-state index contributed by atoms with van der Waals surface area (Å²) in [5.41, 5.74) is 0. The lowest BCUT2D eigenvalue weighted by molar-refractivity contribution is 0.0441. The average molecular weight is 239 g/mol. The molecular weight excluding hydrogens is 222 g/mol. The zero-order chi connectivity index (χ0) is 11.2. The lowest BCUT2D eigenvalue weighted by Gasteiger charge is -2.23. The van der Waals surface area contributed by atoms with E-state index in [0.717, 1.165) is 31.2 Å². The van der Waals surface area contributed by atoms with Crippen molar-refractivity contribution in [3.8, 4) is 5.75 Å². The van der Waals surface area contributed by atoms with E-state index in [1.54, 1.807) is 7.11 Å². The van der Waals surface area contributed by atoms with Gasteiger partial charge in [-0.05, 0) is 18.2 Å². The van der Waals surface area contributed by atoms with Crippen LogP contribution in [0.15, 0.2) is 29.2 Å². The van der Waals surface area contributed by atoms with Gasteiger partial charge in [0.25, 0.3) is 0 Å². The fourth-order valence-electron chi connectivity index (χ4n) is 1.61. The summed E-state index contributed by atoms with van der Waals surface area (Å²) < 4.78 is 10.8. The molecule has 1 aromatic carbocycles. The molecule has 1 aromatic rings. The fourth-order valence-corrected chi connectivity index (χ4v) is 2.57. The predicted molar refractivity (Wildman–Crippen MR) is 66.3 cm³/mol. The minimum atomic E-state index is 0.324. The summed E-state index contributed by atoms with van der Waals surface area (Å²) in [7, 11) is 1.69. The van der Waals surface area contributed by atoms with Crippen molar-refractivity contribution in [1.29, 1.82) is 0 Å². The Morgan fingerprint density at radius 1 is 1.56 bits per heavy atom. The van der Waals surface area contributed by atoms with Crippen LogP contribution in [0.3, 0.4) is 0 Å². The van der Waals surface area contributed by atoms with E-state index in [-0.39, 0.29) is 0 Å². The summed E-state index contributed by atoms with van der Waals surface area (Å²) in [4.78, 5) is 1.23. The molecule has 1 aliphatic heterocycles. The minimum Gasteiger partial charge on any atom is -0.497 e. The van der Waals surface area contributed by atoms with E-state index >= 15 is 0 Å². The first kappa shape index (κ1) is 11.8. The van der Waals surface area contributed by atoms with Crippen LogP contribution in [0.4, 0.5) is 0 Å². The van der Waals surface area contributed by atoms with Crippen molar-refractivity contribution in [3.63, 3.8) is 0 Å². The molecule has 0 bridgehead atoms. The Hall–Kier alpha value is -0.710. The van der Waals surface area contributed by atoms with Gasteiger partial charge in [0.05, 0.1) is 19.8 Å². The Kier molecular flexibility index (Phi) is 4.51. The normalized spacial score (nSPS) is 20.7. The van der Waals surface area contributed by atoms with Crippen molar-refractivity contribution < 1.29 is 9.47 Å². The van der Waals surface area contributed by atoms with Crippen molar-refractivity contribution >= 4 is 11.8 Å². The van der Waals surface area contributed by atoms with Gasteiger partial charge >= 0.3 is 0 Å². The molecule has 0 radical (unpaired) electrons. The number of hydrogen-bond acceptors (Lipinski definition) is 4. The second-order valence-corrected chi connectivity index (χ2v) is 4.78. The van der Waals surface area contributed by atoms with Crippen LogP contribution in [0.2, 0.25) is 0 Å². The summed E-state index contributed by atoms with van der Waals surface area (Å²) in [5.74, 6) is 1.90. The van der Waals surface area contributed by atoms with E-state index in [9.17, 15) is 0 Å². The molecule has 88 valence electrons. The van der Waals surface area contributed by atoms with E-state index in [4.69, 9.17) is 9.47 Å². The van der Waals surface area contributed by atoms with Crippen LogP contribution in [0.25, 0.3) is 0 Å². The molecular formula is C12H17NO2S. The average Bonchev–Trinajstić information content (AvgIpc) is 2.38. The topological polar surface area (TPSA) is 30.5 Å². The quantitative estimate of drug-likeness (QED) is 0.811. The molecule has 2 rings (SSSR count). The molecule has 1 atom stereocenters. The highest BCUT2D eigenvalue weighted by Crippen LogP contribution is 2.24. The maximum absolute atomic E-state index is 5.64. The predicted octanol–water partition coefficient (Wildman–Crippen LogP) is 1.78. The zero-order valence-corrected chi connectivity index (χ0v) is 10.3. The van der Waals surface area contributed by atoms with Crippen molar-refractivity contribution in [2.45, 2.75) is 11.0 Å². The zero-order valence-electron chi connectivity index (χ0n) is 9.44. The van der Waals surface area contributed by atoms with Gasteiger partial charge in [-0.2, -0.15) is 0 Å². The molecule has 0 saturated carbocycles. The number of benzene rings is 1. The van der Waals surface area contributed by atoms with Gasteiger partial charge in [0.15, 0.2) is 0 Å². The molecule has 3 nitrogen and oxygen atoms in total. The van der Waals surface area contributed by atoms with Crippen molar-refractivity contribution in [2.24, 2.45) is 0 Å². The SMILES string of the molecule is COc1cccc(SCC2CNCCO2)c1. The van der Waals surface area contributed by atoms with Crippen LogP contribution >= 0.6 is 11.8 Å². The fraction of sp³-hybridized carbons (Fsp3) is 0.500. The van der Waals surface area contributed by atoms with Gasteiger partial charge in [-0.1, -0.05) is 6.07 Å². The Balaban J connectivity index is 1.83. The van der Waals surface area contributed by atoms with Gasteiger partial charge in [-0.25, -0.2) is 0 Å². The van der Waals surface area contributed by atoms with Crippen LogP contribution in [0.5, 0.6) is 5.75 Å². The third-order valence-electron chi connectivity index (χ3n) is 2.48. The smallest absolute Gasteiger partial charge is 0.119 e. The molecule has 4 heteroatoms. The summed E-state index contributed by atoms with van der Waals surface area (Å²) in [6, 6.07) is 8.13. The van der Waals surface area contributed by atoms with Crippen molar-refractivity contribution in [3.05, 3.63) is 24.3 Å². The van der Waals surface area contributed by atoms with Crippen LogP contribution in [0.1, 0.15) is 0 Å². The largest absolute Gasteiger partial charge is 0.497 e. The summed E-state index contributed by atoms with van der Waals surface area (Å²) >= 11 is 1.81. The number of ether oxygens (including phenoxy) is 2. The molecule has 0 amide bonds. The maximum Gasteiger partial charge on any atom is 0.119 e. The second-order valence-electron chi connectivity index (χ2n) is 3.69. The summed E-state index contributed by atoms with van der Waals surface area (Å²) in [6.07, 6.45) is 0.324. The Bertz CT molecular complexity index is 327. The first-order chi connectivity index (χ1) is 7.88. The van der Waals surface area contributed by atoms with Gasteiger partial charge in [0, 0.05) is 23.7 Å². The number of rotatable bonds is 4. The molecule has 1 unspecified atom stereocenters. The molecule has 1 saturated heterocycles. The van der Waals surface area contributed by atoms with Gasteiger partial charge in [-0.3, -0.25) is 0 Å². The molecule has 1 N–H and O–H groups in total. The van der Waals surface area contributed by atoms with Gasteiger partial charge in [-0.15, -0.1) is 11.8 Å². The Morgan fingerprint density at radius 2 is 2.50 bits per heavy atom. The Morgan fingerprint density at radius 3 is 3.25 bits per heavy atom. The number of hydrogen-bond donors (Lipinski definition) is 1. The van der Waals surface area contributed by atoms with Crippen LogP contribution in [-0.2, 0) is 4.74 Å². The van der Waals surface area contributed by atoms with Gasteiger partial charge < -0.3 is 14.8 Å². The monoisotopic (exact) mass is 239 g/mol. The highest BCUT2D eigenvalue weighted by molar-refractivity contribution is 7.99. The second kappa shape index (κ2) is 6.13. The van der Waals surface area contributed by atoms with E-state index in [1.165, 1.54) is 4.90 Å². The lowest BCUT2D eigenvalue weighted by Crippen LogP contribution is -2.39. The Labute approximate surface area is 101 Å². The van der Waals surface area contributed by atoms with Crippen molar-refractivity contribution in [2.75, 3.05) is 32.6 Å². The number of thioether (sulfide) groups is 1. The van der Waals surface area contributed by atoms with Crippen LogP contribution in [-0.4, -0.2) is 38.7 Å². The van der Waals surface area contributed by atoms with E-state index in [0.29, 0.717) is 6.10 Å². The van der Waals surface area contributed by atoms with E-state index in [2.05, 4.69) is 17.4 Å². The molecule has 1 aliphatic rings. The lowest BCUT2D eigenvalue weighted by atomic mass is 10.3.